The molecule has 59 heavy (non-hydrogen) atoms. The highest BCUT2D eigenvalue weighted by molar-refractivity contribution is 6.10. The number of aromatic nitrogens is 5. The van der Waals surface area contributed by atoms with Crippen LogP contribution in [0.15, 0.2) is 188 Å². The topological polar surface area (TPSA) is 48.5 Å². The summed E-state index contributed by atoms with van der Waals surface area (Å²) in [6.45, 7) is 4.67. The first kappa shape index (κ1) is 33.5. The largest absolute Gasteiger partial charge is 0.278 e. The van der Waals surface area contributed by atoms with Crippen LogP contribution in [0.3, 0.4) is 0 Å². The van der Waals surface area contributed by atoms with E-state index in [1.807, 2.05) is 0 Å². The van der Waals surface area contributed by atoms with E-state index in [9.17, 15) is 0 Å². The van der Waals surface area contributed by atoms with E-state index in [0.717, 1.165) is 60.3 Å². The maximum atomic E-state index is 5.31. The molecule has 0 unspecified atom stereocenters. The van der Waals surface area contributed by atoms with Crippen molar-refractivity contribution >= 4 is 43.6 Å². The smallest absolute Gasteiger partial charge is 0.240 e. The molecule has 278 valence electrons. The summed E-state index contributed by atoms with van der Waals surface area (Å²) in [6.07, 6.45) is 0. The normalized spacial score (nSPS) is 13.1. The molecule has 0 saturated carbocycles. The van der Waals surface area contributed by atoms with E-state index in [2.05, 4.69) is 211 Å². The van der Waals surface area contributed by atoms with E-state index in [1.54, 1.807) is 0 Å². The highest BCUT2D eigenvalue weighted by atomic mass is 15.3. The van der Waals surface area contributed by atoms with Gasteiger partial charge in [0.25, 0.3) is 0 Å². The molecule has 5 nitrogen and oxygen atoms in total. The predicted molar refractivity (Wildman–Crippen MR) is 242 cm³/mol. The Morgan fingerprint density at radius 3 is 1.31 bits per heavy atom. The van der Waals surface area contributed by atoms with Gasteiger partial charge in [-0.3, -0.25) is 9.13 Å². The van der Waals surface area contributed by atoms with Crippen LogP contribution >= 0.6 is 0 Å². The lowest BCUT2D eigenvalue weighted by molar-refractivity contribution is 0.660. The van der Waals surface area contributed by atoms with Crippen LogP contribution in [-0.4, -0.2) is 24.1 Å². The molecule has 0 fully saturated rings. The summed E-state index contributed by atoms with van der Waals surface area (Å²) in [5, 5.41) is 4.62. The number of hydrogen-bond acceptors (Lipinski definition) is 3. The third-order valence-electron chi connectivity index (χ3n) is 12.4. The van der Waals surface area contributed by atoms with Gasteiger partial charge in [-0.25, -0.2) is 0 Å². The lowest BCUT2D eigenvalue weighted by Crippen LogP contribution is -2.14. The average molecular weight is 756 g/mol. The van der Waals surface area contributed by atoms with Gasteiger partial charge in [0.2, 0.25) is 11.9 Å². The molecule has 0 N–H and O–H groups in total. The molecule has 0 bridgehead atoms. The number of para-hydroxylation sites is 4. The molecule has 0 radical (unpaired) electrons. The van der Waals surface area contributed by atoms with Crippen LogP contribution in [0.25, 0.3) is 100 Å². The van der Waals surface area contributed by atoms with Gasteiger partial charge in [0, 0.05) is 32.5 Å². The molecule has 0 aliphatic heterocycles. The van der Waals surface area contributed by atoms with Crippen LogP contribution in [0.1, 0.15) is 25.0 Å². The lowest BCUT2D eigenvalue weighted by Gasteiger charge is -2.22. The van der Waals surface area contributed by atoms with Gasteiger partial charge in [-0.2, -0.15) is 15.0 Å². The van der Waals surface area contributed by atoms with Crippen molar-refractivity contribution in [3.8, 4) is 56.7 Å². The second-order valence-corrected chi connectivity index (χ2v) is 16.1. The van der Waals surface area contributed by atoms with Gasteiger partial charge in [-0.05, 0) is 80.9 Å². The minimum absolute atomic E-state index is 0.0415. The zero-order chi connectivity index (χ0) is 39.2. The van der Waals surface area contributed by atoms with Gasteiger partial charge in [-0.15, -0.1) is 0 Å². The van der Waals surface area contributed by atoms with Crippen molar-refractivity contribution in [2.24, 2.45) is 0 Å². The molecule has 1 aliphatic rings. The summed E-state index contributed by atoms with van der Waals surface area (Å²) in [4.78, 5) is 15.9. The molecule has 12 rings (SSSR count). The lowest BCUT2D eigenvalue weighted by atomic mass is 9.81. The molecular formula is C54H37N5. The highest BCUT2D eigenvalue weighted by Gasteiger charge is 2.35. The summed E-state index contributed by atoms with van der Waals surface area (Å²) in [5.41, 5.74) is 15.2. The van der Waals surface area contributed by atoms with Gasteiger partial charge in [0.05, 0.1) is 22.1 Å². The van der Waals surface area contributed by atoms with E-state index in [0.29, 0.717) is 17.7 Å². The first-order chi connectivity index (χ1) is 29.0. The molecule has 3 aromatic heterocycles. The summed E-state index contributed by atoms with van der Waals surface area (Å²) < 4.78 is 4.35. The molecule has 8 aromatic carbocycles. The monoisotopic (exact) mass is 755 g/mol. The van der Waals surface area contributed by atoms with Crippen molar-refractivity contribution in [2.45, 2.75) is 19.3 Å². The Balaban J connectivity index is 0.994. The average Bonchev–Trinajstić information content (AvgIpc) is 3.89. The summed E-state index contributed by atoms with van der Waals surface area (Å²) in [6, 6.07) is 67.2. The van der Waals surface area contributed by atoms with Crippen molar-refractivity contribution in [1.82, 2.24) is 24.1 Å². The quantitative estimate of drug-likeness (QED) is 0.176. The Morgan fingerprint density at radius 2 is 0.763 bits per heavy atom. The Morgan fingerprint density at radius 1 is 0.339 bits per heavy atom. The predicted octanol–water partition coefficient (Wildman–Crippen LogP) is 13.4. The Bertz CT molecular complexity index is 3240. The summed E-state index contributed by atoms with van der Waals surface area (Å²) >= 11 is 0. The fraction of sp³-hybridized carbons (Fsp3) is 0.0556. The fourth-order valence-electron chi connectivity index (χ4n) is 9.54. The van der Waals surface area contributed by atoms with Gasteiger partial charge < -0.3 is 0 Å². The SMILES string of the molecule is CC1(C)c2ccccc2-c2ccc(-c3ccc(-c4cccc(-c5nc(-n6c7ccccc7c7ccccc76)nc(-n6c7ccccc7c7ccccc76)n5)c4)cc3)cc21. The van der Waals surface area contributed by atoms with Crippen LogP contribution in [0.2, 0.25) is 0 Å². The van der Waals surface area contributed by atoms with Crippen LogP contribution in [0.4, 0.5) is 0 Å². The van der Waals surface area contributed by atoms with E-state index in [1.165, 1.54) is 33.4 Å². The number of benzene rings is 8. The zero-order valence-corrected chi connectivity index (χ0v) is 32.6. The van der Waals surface area contributed by atoms with Gasteiger partial charge in [-0.1, -0.05) is 166 Å². The number of rotatable bonds is 5. The molecule has 0 saturated heterocycles. The first-order valence-electron chi connectivity index (χ1n) is 20.2. The van der Waals surface area contributed by atoms with Crippen LogP contribution in [-0.2, 0) is 5.41 Å². The second-order valence-electron chi connectivity index (χ2n) is 16.1. The summed E-state index contributed by atoms with van der Waals surface area (Å²) in [7, 11) is 0. The van der Waals surface area contributed by atoms with Crippen LogP contribution < -0.4 is 0 Å². The third-order valence-corrected chi connectivity index (χ3v) is 12.4. The zero-order valence-electron chi connectivity index (χ0n) is 32.6. The van der Waals surface area contributed by atoms with E-state index < -0.39 is 0 Å². The molecule has 5 heteroatoms. The Labute approximate surface area is 341 Å². The van der Waals surface area contributed by atoms with E-state index in [4.69, 9.17) is 15.0 Å². The Hall–Kier alpha value is -7.63. The van der Waals surface area contributed by atoms with Crippen molar-refractivity contribution < 1.29 is 0 Å². The van der Waals surface area contributed by atoms with Gasteiger partial charge >= 0.3 is 0 Å². The molecule has 11 aromatic rings. The molecule has 0 spiro atoms. The third kappa shape index (κ3) is 5.08. The van der Waals surface area contributed by atoms with Crippen molar-refractivity contribution in [1.29, 1.82) is 0 Å². The number of hydrogen-bond donors (Lipinski definition) is 0. The molecule has 1 aliphatic carbocycles. The van der Waals surface area contributed by atoms with E-state index >= 15 is 0 Å². The molecule has 0 amide bonds. The van der Waals surface area contributed by atoms with Crippen LogP contribution in [0, 0.1) is 0 Å². The van der Waals surface area contributed by atoms with Gasteiger partial charge in [0.1, 0.15) is 0 Å². The molecule has 3 heterocycles. The highest BCUT2D eigenvalue weighted by Crippen LogP contribution is 2.49. The second kappa shape index (κ2) is 12.7. The number of nitrogens with zero attached hydrogens (tertiary/aromatic N) is 5. The van der Waals surface area contributed by atoms with Gasteiger partial charge in [0.15, 0.2) is 5.82 Å². The van der Waals surface area contributed by atoms with Crippen molar-refractivity contribution in [2.75, 3.05) is 0 Å². The van der Waals surface area contributed by atoms with E-state index in [-0.39, 0.29) is 5.41 Å². The first-order valence-corrected chi connectivity index (χ1v) is 20.2. The Kier molecular flexibility index (Phi) is 7.20. The van der Waals surface area contributed by atoms with Crippen molar-refractivity contribution in [3.05, 3.63) is 199 Å². The minimum atomic E-state index is -0.0415. The number of fused-ring (bicyclic) bond motifs is 9. The summed E-state index contributed by atoms with van der Waals surface area (Å²) in [5.74, 6) is 1.74. The van der Waals surface area contributed by atoms with Crippen molar-refractivity contribution in [3.63, 3.8) is 0 Å². The molecular weight excluding hydrogens is 719 g/mol. The molecule has 0 atom stereocenters. The minimum Gasteiger partial charge on any atom is -0.278 e. The maximum absolute atomic E-state index is 5.31. The fourth-order valence-corrected chi connectivity index (χ4v) is 9.54. The maximum Gasteiger partial charge on any atom is 0.240 e. The van der Waals surface area contributed by atoms with Crippen LogP contribution in [0.5, 0.6) is 0 Å². The standard InChI is InChI=1S/C54H37N5/c1-54(2)45-21-8-3-16-39(45)40-31-30-37(33-46(40)54)35-28-26-34(27-29-35)36-14-13-15-38(32-36)51-55-52(58-47-22-9-4-17-41(47)42-18-5-10-23-48(42)58)57-53(56-51)59-49-24-11-6-19-43(49)44-20-7-12-25-50(44)59/h3-33H,1-2H3.